The third-order valence-corrected chi connectivity index (χ3v) is 3.55. The molecule has 2 N–H and O–H groups in total. The highest BCUT2D eigenvalue weighted by Gasteiger charge is 2.14. The summed E-state index contributed by atoms with van der Waals surface area (Å²) < 4.78 is 11.1. The second-order valence-electron chi connectivity index (χ2n) is 4.80. The lowest BCUT2D eigenvalue weighted by molar-refractivity contribution is 0.0997. The van der Waals surface area contributed by atoms with Gasteiger partial charge in [-0.25, -0.2) is 0 Å². The predicted molar refractivity (Wildman–Crippen MR) is 88.3 cm³/mol. The van der Waals surface area contributed by atoms with Crippen LogP contribution in [0, 0.1) is 0 Å². The third kappa shape index (κ3) is 3.05. The molecule has 1 heterocycles. The number of ether oxygens (including phenoxy) is 2. The van der Waals surface area contributed by atoms with Gasteiger partial charge in [0.05, 0.1) is 18.2 Å². The van der Waals surface area contributed by atoms with Gasteiger partial charge in [0.1, 0.15) is 17.2 Å². The number of nitrogens with zero attached hydrogens (tertiary/aromatic N) is 1. The smallest absolute Gasteiger partial charge is 0.252 e. The monoisotopic (exact) mass is 328 g/mol. The molecule has 5 nitrogen and oxygen atoms in total. The molecule has 3 aromatic rings. The van der Waals surface area contributed by atoms with Crippen molar-refractivity contribution < 1.29 is 14.3 Å². The van der Waals surface area contributed by atoms with Crippen LogP contribution in [0.25, 0.3) is 10.9 Å². The Kier molecular flexibility index (Phi) is 4.04. The second kappa shape index (κ2) is 6.14. The van der Waals surface area contributed by atoms with Gasteiger partial charge in [-0.2, -0.15) is 0 Å². The molecule has 0 fully saturated rings. The van der Waals surface area contributed by atoms with E-state index in [0.29, 0.717) is 33.2 Å². The average molecular weight is 329 g/mol. The van der Waals surface area contributed by atoms with Crippen molar-refractivity contribution in [2.75, 3.05) is 7.11 Å². The van der Waals surface area contributed by atoms with Crippen molar-refractivity contribution in [3.63, 3.8) is 0 Å². The molecule has 0 bridgehead atoms. The minimum absolute atomic E-state index is 0.268. The molecule has 0 atom stereocenters. The number of fused-ring (bicyclic) bond motifs is 1. The van der Waals surface area contributed by atoms with Gasteiger partial charge in [-0.1, -0.05) is 17.7 Å². The summed E-state index contributed by atoms with van der Waals surface area (Å²) in [6.07, 6.45) is 1.62. The molecule has 116 valence electrons. The molecule has 0 aliphatic carbocycles. The number of halogens is 1. The summed E-state index contributed by atoms with van der Waals surface area (Å²) in [5.41, 5.74) is 6.30. The standard InChI is InChI=1S/C17H13ClN2O3/c1-22-16-9-14-12(8-13(16)17(19)21)15(5-6-20-14)23-11-4-2-3-10(18)7-11/h2-9H,1H3,(H2,19,21). The number of hydrogen-bond acceptors (Lipinski definition) is 4. The Morgan fingerprint density at radius 3 is 2.70 bits per heavy atom. The van der Waals surface area contributed by atoms with E-state index < -0.39 is 5.91 Å². The molecule has 0 spiro atoms. The van der Waals surface area contributed by atoms with Crippen LogP contribution in [-0.2, 0) is 0 Å². The Balaban J connectivity index is 2.13. The van der Waals surface area contributed by atoms with Crippen molar-refractivity contribution >= 4 is 28.4 Å². The van der Waals surface area contributed by atoms with E-state index in [-0.39, 0.29) is 5.56 Å². The van der Waals surface area contributed by atoms with E-state index in [9.17, 15) is 4.79 Å². The van der Waals surface area contributed by atoms with E-state index in [1.54, 1.807) is 48.7 Å². The molecule has 0 saturated heterocycles. The van der Waals surface area contributed by atoms with E-state index >= 15 is 0 Å². The molecular formula is C17H13ClN2O3. The molecule has 3 rings (SSSR count). The Morgan fingerprint density at radius 2 is 2.00 bits per heavy atom. The van der Waals surface area contributed by atoms with Crippen molar-refractivity contribution in [2.24, 2.45) is 5.73 Å². The number of carbonyl (C=O) groups excluding carboxylic acids is 1. The maximum Gasteiger partial charge on any atom is 0.252 e. The second-order valence-corrected chi connectivity index (χ2v) is 5.24. The van der Waals surface area contributed by atoms with Gasteiger partial charge in [-0.05, 0) is 30.3 Å². The summed E-state index contributed by atoms with van der Waals surface area (Å²) in [7, 11) is 1.47. The van der Waals surface area contributed by atoms with Gasteiger partial charge >= 0.3 is 0 Å². The van der Waals surface area contributed by atoms with Crippen molar-refractivity contribution in [1.29, 1.82) is 0 Å². The van der Waals surface area contributed by atoms with Gasteiger partial charge in [0.2, 0.25) is 0 Å². The van der Waals surface area contributed by atoms with Gasteiger partial charge in [-0.3, -0.25) is 9.78 Å². The number of benzene rings is 2. The molecule has 2 aromatic carbocycles. The molecule has 6 heteroatoms. The summed E-state index contributed by atoms with van der Waals surface area (Å²) in [6, 6.07) is 12.0. The zero-order valence-electron chi connectivity index (χ0n) is 12.2. The van der Waals surface area contributed by atoms with Crippen LogP contribution in [0.3, 0.4) is 0 Å². The number of pyridine rings is 1. The van der Waals surface area contributed by atoms with Crippen molar-refractivity contribution in [3.05, 3.63) is 59.2 Å². The molecule has 0 aliphatic rings. The summed E-state index contributed by atoms with van der Waals surface area (Å²) in [5, 5.41) is 1.22. The van der Waals surface area contributed by atoms with Gasteiger partial charge in [0.25, 0.3) is 5.91 Å². The summed E-state index contributed by atoms with van der Waals surface area (Å²) >= 11 is 5.97. The fourth-order valence-corrected chi connectivity index (χ4v) is 2.44. The number of carbonyl (C=O) groups is 1. The zero-order valence-corrected chi connectivity index (χ0v) is 13.0. The molecule has 0 unspecified atom stereocenters. The van der Waals surface area contributed by atoms with E-state index in [0.717, 1.165) is 0 Å². The minimum atomic E-state index is -0.582. The Morgan fingerprint density at radius 1 is 1.17 bits per heavy atom. The van der Waals surface area contributed by atoms with Crippen LogP contribution < -0.4 is 15.2 Å². The van der Waals surface area contributed by atoms with Gasteiger partial charge in [0, 0.05) is 22.7 Å². The quantitative estimate of drug-likeness (QED) is 0.790. The maximum atomic E-state index is 11.6. The molecule has 0 aliphatic heterocycles. The van der Waals surface area contributed by atoms with Crippen LogP contribution in [0.5, 0.6) is 17.2 Å². The molecule has 1 amide bonds. The van der Waals surface area contributed by atoms with Crippen LogP contribution in [0.15, 0.2) is 48.7 Å². The van der Waals surface area contributed by atoms with E-state index in [4.69, 9.17) is 26.8 Å². The van der Waals surface area contributed by atoms with Crippen molar-refractivity contribution in [3.8, 4) is 17.2 Å². The van der Waals surface area contributed by atoms with E-state index in [1.165, 1.54) is 7.11 Å². The number of rotatable bonds is 4. The van der Waals surface area contributed by atoms with Crippen LogP contribution >= 0.6 is 11.6 Å². The highest BCUT2D eigenvalue weighted by atomic mass is 35.5. The number of primary amides is 1. The highest BCUT2D eigenvalue weighted by Crippen LogP contribution is 2.33. The first-order valence-electron chi connectivity index (χ1n) is 6.78. The lowest BCUT2D eigenvalue weighted by Crippen LogP contribution is -2.12. The molecule has 23 heavy (non-hydrogen) atoms. The molecule has 1 aromatic heterocycles. The van der Waals surface area contributed by atoms with Crippen LogP contribution in [0.2, 0.25) is 5.02 Å². The van der Waals surface area contributed by atoms with Gasteiger partial charge in [-0.15, -0.1) is 0 Å². The van der Waals surface area contributed by atoms with E-state index in [2.05, 4.69) is 4.98 Å². The Bertz CT molecular complexity index is 896. The predicted octanol–water partition coefficient (Wildman–Crippen LogP) is 3.79. The summed E-state index contributed by atoms with van der Waals surface area (Å²) in [6.45, 7) is 0. The number of amides is 1. The first-order chi connectivity index (χ1) is 11.1. The zero-order chi connectivity index (χ0) is 16.4. The number of aromatic nitrogens is 1. The highest BCUT2D eigenvalue weighted by molar-refractivity contribution is 6.30. The van der Waals surface area contributed by atoms with E-state index in [1.807, 2.05) is 0 Å². The first kappa shape index (κ1) is 15.1. The van der Waals surface area contributed by atoms with Crippen molar-refractivity contribution in [2.45, 2.75) is 0 Å². The van der Waals surface area contributed by atoms with Crippen LogP contribution in [0.4, 0.5) is 0 Å². The van der Waals surface area contributed by atoms with Crippen molar-refractivity contribution in [1.82, 2.24) is 4.98 Å². The lowest BCUT2D eigenvalue weighted by Gasteiger charge is -2.11. The maximum absolute atomic E-state index is 11.6. The fraction of sp³-hybridized carbons (Fsp3) is 0.0588. The molecular weight excluding hydrogens is 316 g/mol. The first-order valence-corrected chi connectivity index (χ1v) is 7.16. The molecule has 0 saturated carbocycles. The van der Waals surface area contributed by atoms with Crippen LogP contribution in [0.1, 0.15) is 10.4 Å². The minimum Gasteiger partial charge on any atom is -0.496 e. The third-order valence-electron chi connectivity index (χ3n) is 3.31. The largest absolute Gasteiger partial charge is 0.496 e. The lowest BCUT2D eigenvalue weighted by atomic mass is 10.1. The average Bonchev–Trinajstić information content (AvgIpc) is 2.54. The Hall–Kier alpha value is -2.79. The SMILES string of the molecule is COc1cc2nccc(Oc3cccc(Cl)c3)c2cc1C(N)=O. The summed E-state index contributed by atoms with van der Waals surface area (Å²) in [4.78, 5) is 15.9. The van der Waals surface area contributed by atoms with Crippen LogP contribution in [-0.4, -0.2) is 18.0 Å². The van der Waals surface area contributed by atoms with Gasteiger partial charge < -0.3 is 15.2 Å². The van der Waals surface area contributed by atoms with Gasteiger partial charge in [0.15, 0.2) is 0 Å². The normalized spacial score (nSPS) is 10.5. The number of nitrogens with two attached hydrogens (primary N) is 1. The summed E-state index contributed by atoms with van der Waals surface area (Å²) in [5.74, 6) is 0.919. The fourth-order valence-electron chi connectivity index (χ4n) is 2.26. The molecule has 0 radical (unpaired) electrons. The Labute approximate surface area is 137 Å². The number of methoxy groups -OCH3 is 1. The number of hydrogen-bond donors (Lipinski definition) is 1. The topological polar surface area (TPSA) is 74.4 Å².